The van der Waals surface area contributed by atoms with Crippen molar-refractivity contribution in [2.45, 2.75) is 78.9 Å². The Bertz CT molecular complexity index is 283. The molecule has 0 saturated carbocycles. The zero-order valence-electron chi connectivity index (χ0n) is 14.6. The van der Waals surface area contributed by atoms with E-state index in [1.165, 1.54) is 0 Å². The molecule has 0 fully saturated rings. The van der Waals surface area contributed by atoms with E-state index < -0.39 is 0 Å². The van der Waals surface area contributed by atoms with Gasteiger partial charge in [0.15, 0.2) is 0 Å². The summed E-state index contributed by atoms with van der Waals surface area (Å²) in [4.78, 5) is 0. The van der Waals surface area contributed by atoms with Crippen LogP contribution < -0.4 is 0 Å². The first-order valence-electron chi connectivity index (χ1n) is 7.73. The van der Waals surface area contributed by atoms with Gasteiger partial charge in [-0.3, -0.25) is 0 Å². The zero-order valence-corrected chi connectivity index (χ0v) is 14.6. The van der Waals surface area contributed by atoms with Gasteiger partial charge in [0.25, 0.3) is 7.48 Å². The summed E-state index contributed by atoms with van der Waals surface area (Å²) in [6.45, 7) is 20.6. The van der Waals surface area contributed by atoms with E-state index >= 15 is 0 Å². The smallest absolute Gasteiger partial charge is 0.450 e. The van der Waals surface area contributed by atoms with Crippen LogP contribution in [0.15, 0.2) is 12.2 Å². The molecule has 0 rings (SSSR count). The molecule has 0 aromatic carbocycles. The first-order chi connectivity index (χ1) is 9.15. The number of hydrogen-bond donors (Lipinski definition) is 0. The molecule has 0 radical (unpaired) electrons. The van der Waals surface area contributed by atoms with E-state index in [2.05, 4.69) is 41.2 Å². The third-order valence-electron chi connectivity index (χ3n) is 3.00. The molecule has 0 N–H and O–H groups in total. The molecular formula is C14H31B3O3. The first kappa shape index (κ1) is 19.8. The van der Waals surface area contributed by atoms with Crippen LogP contribution in [0, 0.1) is 0 Å². The minimum atomic E-state index is -0.313. The SMILES string of the molecule is C=C(C)C(C)B(OB(OBC(C)C)C(C)C)OC(C)C. The van der Waals surface area contributed by atoms with Crippen LogP contribution in [0.4, 0.5) is 0 Å². The molecule has 0 aliphatic heterocycles. The maximum absolute atomic E-state index is 6.09. The highest BCUT2D eigenvalue weighted by Crippen LogP contribution is 2.24. The van der Waals surface area contributed by atoms with Crippen molar-refractivity contribution in [3.63, 3.8) is 0 Å². The summed E-state index contributed by atoms with van der Waals surface area (Å²) >= 11 is 0. The molecule has 0 saturated heterocycles. The third-order valence-corrected chi connectivity index (χ3v) is 3.00. The lowest BCUT2D eigenvalue weighted by Gasteiger charge is -2.28. The van der Waals surface area contributed by atoms with Gasteiger partial charge in [0.1, 0.15) is 0 Å². The molecule has 1 unspecified atom stereocenters. The molecule has 0 spiro atoms. The van der Waals surface area contributed by atoms with Crippen molar-refractivity contribution in [1.82, 2.24) is 0 Å². The Kier molecular flexibility index (Phi) is 9.61. The average molecular weight is 280 g/mol. The fourth-order valence-electron chi connectivity index (χ4n) is 1.58. The van der Waals surface area contributed by atoms with Crippen molar-refractivity contribution < 1.29 is 13.8 Å². The molecule has 0 bridgehead atoms. The largest absolute Gasteiger partial charge is 0.478 e. The van der Waals surface area contributed by atoms with E-state index in [-0.39, 0.29) is 32.0 Å². The second kappa shape index (κ2) is 9.70. The fourth-order valence-corrected chi connectivity index (χ4v) is 1.58. The standard InChI is InChI=1S/C14H31B3O3/c1-10(2)14(9)17(18-13(7)8)20-16(12(5)6)19-15-11(3)4/h11-15H,1H2,2-9H3. The van der Waals surface area contributed by atoms with Gasteiger partial charge in [0, 0.05) is 11.9 Å². The van der Waals surface area contributed by atoms with Crippen LogP contribution in [0.1, 0.15) is 55.4 Å². The molecule has 1 atom stereocenters. The predicted molar refractivity (Wildman–Crippen MR) is 91.5 cm³/mol. The normalized spacial score (nSPS) is 12.9. The summed E-state index contributed by atoms with van der Waals surface area (Å²) in [5.41, 5.74) is 1.06. The Morgan fingerprint density at radius 1 is 1.00 bits per heavy atom. The Hall–Kier alpha value is -0.185. The number of rotatable bonds is 10. The summed E-state index contributed by atoms with van der Waals surface area (Å²) in [6.07, 6.45) is 0.111. The van der Waals surface area contributed by atoms with Gasteiger partial charge >= 0.3 is 14.2 Å². The van der Waals surface area contributed by atoms with Crippen LogP contribution in [-0.2, 0) is 13.8 Å². The summed E-state index contributed by atoms with van der Waals surface area (Å²) in [7, 11) is 0.133. The highest BCUT2D eigenvalue weighted by atomic mass is 16.6. The molecule has 20 heavy (non-hydrogen) atoms. The average Bonchev–Trinajstić information content (AvgIpc) is 2.30. The molecule has 3 nitrogen and oxygen atoms in total. The second-order valence-corrected chi connectivity index (χ2v) is 6.66. The summed E-state index contributed by atoms with van der Waals surface area (Å²) in [5, 5.41) is 0. The van der Waals surface area contributed by atoms with Crippen LogP contribution in [0.3, 0.4) is 0 Å². The molecule has 0 aliphatic carbocycles. The first-order valence-corrected chi connectivity index (χ1v) is 7.73. The van der Waals surface area contributed by atoms with Crippen molar-refractivity contribution in [2.75, 3.05) is 0 Å². The van der Waals surface area contributed by atoms with Crippen LogP contribution in [-0.4, -0.2) is 27.8 Å². The van der Waals surface area contributed by atoms with E-state index in [1.807, 2.05) is 20.8 Å². The summed E-state index contributed by atoms with van der Waals surface area (Å²) in [5.74, 6) is 0.911. The Balaban J connectivity index is 4.74. The van der Waals surface area contributed by atoms with Gasteiger partial charge in [0.2, 0.25) is 0 Å². The molecule has 6 heteroatoms. The molecule has 114 valence electrons. The molecule has 0 aromatic heterocycles. The zero-order chi connectivity index (χ0) is 15.9. The van der Waals surface area contributed by atoms with Crippen LogP contribution in [0.5, 0.6) is 0 Å². The molecule has 0 heterocycles. The van der Waals surface area contributed by atoms with Gasteiger partial charge in [-0.05, 0) is 32.4 Å². The van der Waals surface area contributed by atoms with Gasteiger partial charge in [-0.2, -0.15) is 0 Å². The lowest BCUT2D eigenvalue weighted by molar-refractivity contribution is 0.191. The lowest BCUT2D eigenvalue weighted by atomic mass is 9.62. The lowest BCUT2D eigenvalue weighted by Crippen LogP contribution is -2.41. The molecule has 0 aliphatic rings. The summed E-state index contributed by atoms with van der Waals surface area (Å²) < 4.78 is 17.9. The summed E-state index contributed by atoms with van der Waals surface area (Å²) in [6, 6.07) is 0. The highest BCUT2D eigenvalue weighted by molar-refractivity contribution is 6.64. The Labute approximate surface area is 127 Å². The highest BCUT2D eigenvalue weighted by Gasteiger charge is 2.35. The fraction of sp³-hybridized carbons (Fsp3) is 0.857. The van der Waals surface area contributed by atoms with E-state index in [0.29, 0.717) is 13.3 Å². The quantitative estimate of drug-likeness (QED) is 0.447. The molecule has 0 amide bonds. The van der Waals surface area contributed by atoms with Gasteiger partial charge < -0.3 is 13.8 Å². The minimum Gasteiger partial charge on any atom is -0.478 e. The van der Waals surface area contributed by atoms with Crippen LogP contribution >= 0.6 is 0 Å². The number of allylic oxidation sites excluding steroid dienone is 1. The monoisotopic (exact) mass is 280 g/mol. The van der Waals surface area contributed by atoms with Gasteiger partial charge in [-0.1, -0.05) is 40.2 Å². The Morgan fingerprint density at radius 3 is 1.90 bits per heavy atom. The van der Waals surface area contributed by atoms with E-state index in [9.17, 15) is 0 Å². The van der Waals surface area contributed by atoms with Crippen molar-refractivity contribution in [3.8, 4) is 0 Å². The Morgan fingerprint density at radius 2 is 1.55 bits per heavy atom. The van der Waals surface area contributed by atoms with Gasteiger partial charge in [-0.25, -0.2) is 0 Å². The second-order valence-electron chi connectivity index (χ2n) is 6.66. The topological polar surface area (TPSA) is 27.7 Å². The van der Waals surface area contributed by atoms with Crippen molar-refractivity contribution in [1.29, 1.82) is 0 Å². The van der Waals surface area contributed by atoms with Gasteiger partial charge in [0.05, 0.1) is 0 Å². The van der Waals surface area contributed by atoms with Crippen molar-refractivity contribution in [3.05, 3.63) is 12.2 Å². The molecular weight excluding hydrogens is 249 g/mol. The van der Waals surface area contributed by atoms with E-state index in [1.54, 1.807) is 0 Å². The van der Waals surface area contributed by atoms with Crippen LogP contribution in [0.2, 0.25) is 17.5 Å². The van der Waals surface area contributed by atoms with Crippen molar-refractivity contribution >= 4 is 21.7 Å². The van der Waals surface area contributed by atoms with Crippen molar-refractivity contribution in [2.24, 2.45) is 0 Å². The minimum absolute atomic E-state index is 0.111. The van der Waals surface area contributed by atoms with Gasteiger partial charge in [-0.15, -0.1) is 6.58 Å². The molecule has 0 aromatic rings. The maximum Gasteiger partial charge on any atom is 0.450 e. The van der Waals surface area contributed by atoms with E-state index in [4.69, 9.17) is 13.8 Å². The maximum atomic E-state index is 6.09. The predicted octanol–water partition coefficient (Wildman–Crippen LogP) is 3.98. The van der Waals surface area contributed by atoms with Crippen LogP contribution in [0.25, 0.3) is 0 Å². The third kappa shape index (κ3) is 8.18. The number of hydrogen-bond acceptors (Lipinski definition) is 3. The van der Waals surface area contributed by atoms with E-state index in [0.717, 1.165) is 5.57 Å².